The standard InChI is InChI=1S/C26H19FN4O4/c1-16-8-7-13-31-23(16)30-25(35-21-11-5-3-9-19(21)27)18(26(31)33)14-17(15-28)24(32)29-20-10-4-6-12-22(20)34-2/h3-14H,1-2H3,(H,29,32)/b17-14-. The van der Waals surface area contributed by atoms with Crippen LogP contribution in [0.1, 0.15) is 11.1 Å². The smallest absolute Gasteiger partial charge is 0.269 e. The first-order valence-electron chi connectivity index (χ1n) is 10.4. The van der Waals surface area contributed by atoms with Crippen LogP contribution in [0, 0.1) is 24.1 Å². The highest BCUT2D eigenvalue weighted by Crippen LogP contribution is 2.27. The summed E-state index contributed by atoms with van der Waals surface area (Å²) in [5.41, 5.74) is 0.130. The van der Waals surface area contributed by atoms with E-state index in [9.17, 15) is 19.2 Å². The van der Waals surface area contributed by atoms with Gasteiger partial charge in [-0.25, -0.2) is 4.39 Å². The van der Waals surface area contributed by atoms with Crippen LogP contribution in [0.4, 0.5) is 10.1 Å². The summed E-state index contributed by atoms with van der Waals surface area (Å²) in [4.78, 5) is 30.6. The zero-order valence-electron chi connectivity index (χ0n) is 18.8. The number of nitrogens with one attached hydrogen (secondary N) is 1. The van der Waals surface area contributed by atoms with Gasteiger partial charge in [-0.2, -0.15) is 10.2 Å². The molecule has 2 aromatic heterocycles. The van der Waals surface area contributed by atoms with Crippen molar-refractivity contribution in [3.63, 3.8) is 0 Å². The summed E-state index contributed by atoms with van der Waals surface area (Å²) >= 11 is 0. The fourth-order valence-corrected chi connectivity index (χ4v) is 3.36. The third-order valence-corrected chi connectivity index (χ3v) is 5.10. The van der Waals surface area contributed by atoms with Crippen LogP contribution in [0.25, 0.3) is 11.7 Å². The molecule has 0 atom stereocenters. The molecule has 9 heteroatoms. The predicted molar refractivity (Wildman–Crippen MR) is 128 cm³/mol. The van der Waals surface area contributed by atoms with E-state index in [1.54, 1.807) is 55.5 Å². The molecular weight excluding hydrogens is 451 g/mol. The molecule has 8 nitrogen and oxygen atoms in total. The number of hydrogen-bond acceptors (Lipinski definition) is 6. The Labute approximate surface area is 199 Å². The molecule has 1 N–H and O–H groups in total. The maximum Gasteiger partial charge on any atom is 0.269 e. The Kier molecular flexibility index (Phi) is 6.55. The third-order valence-electron chi connectivity index (χ3n) is 5.10. The van der Waals surface area contributed by atoms with Crippen molar-refractivity contribution < 1.29 is 18.7 Å². The monoisotopic (exact) mass is 470 g/mol. The highest BCUT2D eigenvalue weighted by atomic mass is 19.1. The van der Waals surface area contributed by atoms with Crippen LogP contribution in [-0.4, -0.2) is 22.4 Å². The molecule has 0 aliphatic rings. The van der Waals surface area contributed by atoms with Gasteiger partial charge in [-0.15, -0.1) is 0 Å². The molecule has 0 saturated heterocycles. The van der Waals surface area contributed by atoms with Crippen LogP contribution in [-0.2, 0) is 4.79 Å². The number of amides is 1. The molecule has 2 aromatic carbocycles. The number of pyridine rings is 1. The molecule has 4 aromatic rings. The molecule has 4 rings (SSSR count). The second-order valence-corrected chi connectivity index (χ2v) is 7.38. The Hall–Kier alpha value is -4.97. The summed E-state index contributed by atoms with van der Waals surface area (Å²) < 4.78 is 26.4. The summed E-state index contributed by atoms with van der Waals surface area (Å²) in [5, 5.41) is 12.3. The predicted octanol–water partition coefficient (Wildman–Crippen LogP) is 4.49. The third kappa shape index (κ3) is 4.72. The zero-order valence-corrected chi connectivity index (χ0v) is 18.8. The maximum atomic E-state index is 14.3. The van der Waals surface area contributed by atoms with Gasteiger partial charge in [-0.1, -0.05) is 30.3 Å². The minimum absolute atomic E-state index is 0.163. The van der Waals surface area contributed by atoms with E-state index in [1.807, 2.05) is 0 Å². The Bertz CT molecular complexity index is 1570. The van der Waals surface area contributed by atoms with Crippen LogP contribution < -0.4 is 20.3 Å². The van der Waals surface area contributed by atoms with Crippen molar-refractivity contribution in [3.05, 3.63) is 99.7 Å². The highest BCUT2D eigenvalue weighted by Gasteiger charge is 2.19. The molecular formula is C26H19FN4O4. The van der Waals surface area contributed by atoms with Gasteiger partial charge in [0.05, 0.1) is 12.8 Å². The number of rotatable bonds is 6. The fourth-order valence-electron chi connectivity index (χ4n) is 3.36. The summed E-state index contributed by atoms with van der Waals surface area (Å²) in [7, 11) is 1.45. The highest BCUT2D eigenvalue weighted by molar-refractivity contribution is 6.10. The van der Waals surface area contributed by atoms with Gasteiger partial charge in [-0.3, -0.25) is 14.0 Å². The second-order valence-electron chi connectivity index (χ2n) is 7.38. The van der Waals surface area contributed by atoms with Gasteiger partial charge < -0.3 is 14.8 Å². The number of anilines is 1. The Balaban J connectivity index is 1.85. The molecule has 0 aliphatic heterocycles. The number of methoxy groups -OCH3 is 1. The fraction of sp³-hybridized carbons (Fsp3) is 0.0769. The summed E-state index contributed by atoms with van der Waals surface area (Å²) in [6.45, 7) is 1.76. The van der Waals surface area contributed by atoms with Gasteiger partial charge in [0.15, 0.2) is 11.6 Å². The van der Waals surface area contributed by atoms with Crippen molar-refractivity contribution in [2.24, 2.45) is 0 Å². The van der Waals surface area contributed by atoms with E-state index < -0.39 is 17.3 Å². The van der Waals surface area contributed by atoms with E-state index in [0.29, 0.717) is 17.0 Å². The first kappa shape index (κ1) is 23.2. The number of benzene rings is 2. The first-order chi connectivity index (χ1) is 16.9. The van der Waals surface area contributed by atoms with Gasteiger partial charge in [0.1, 0.15) is 28.6 Å². The number of ether oxygens (including phenoxy) is 2. The Morgan fingerprint density at radius 1 is 1.11 bits per heavy atom. The van der Waals surface area contributed by atoms with Gasteiger partial charge in [-0.05, 0) is 48.9 Å². The molecule has 0 spiro atoms. The quantitative estimate of drug-likeness (QED) is 0.329. The van der Waals surface area contributed by atoms with Gasteiger partial charge in [0.2, 0.25) is 5.88 Å². The number of nitriles is 1. The lowest BCUT2D eigenvalue weighted by Gasteiger charge is -2.12. The minimum atomic E-state index is -0.775. The molecule has 174 valence electrons. The topological polar surface area (TPSA) is 106 Å². The number of aromatic nitrogens is 2. The van der Waals surface area contributed by atoms with Crippen molar-refractivity contribution in [2.75, 3.05) is 12.4 Å². The minimum Gasteiger partial charge on any atom is -0.495 e. The van der Waals surface area contributed by atoms with Gasteiger partial charge >= 0.3 is 0 Å². The molecule has 0 radical (unpaired) electrons. The van der Waals surface area contributed by atoms with E-state index in [-0.39, 0.29) is 28.4 Å². The molecule has 0 bridgehead atoms. The normalized spacial score (nSPS) is 11.1. The van der Waals surface area contributed by atoms with Crippen molar-refractivity contribution in [3.8, 4) is 23.4 Å². The average molecular weight is 470 g/mol. The van der Waals surface area contributed by atoms with Crippen molar-refractivity contribution in [1.29, 1.82) is 5.26 Å². The number of carbonyl (C=O) groups is 1. The lowest BCUT2D eigenvalue weighted by Crippen LogP contribution is -2.21. The Morgan fingerprint density at radius 3 is 2.54 bits per heavy atom. The van der Waals surface area contributed by atoms with E-state index in [1.165, 1.54) is 35.9 Å². The molecule has 0 fully saturated rings. The van der Waals surface area contributed by atoms with E-state index in [0.717, 1.165) is 6.08 Å². The van der Waals surface area contributed by atoms with Crippen LogP contribution in [0.15, 0.2) is 77.2 Å². The largest absolute Gasteiger partial charge is 0.495 e. The summed E-state index contributed by atoms with van der Waals surface area (Å²) in [6.07, 6.45) is 2.58. The van der Waals surface area contributed by atoms with E-state index in [2.05, 4.69) is 10.3 Å². The van der Waals surface area contributed by atoms with Crippen LogP contribution in [0.5, 0.6) is 17.4 Å². The number of halogens is 1. The van der Waals surface area contributed by atoms with Gasteiger partial charge in [0.25, 0.3) is 11.5 Å². The van der Waals surface area contributed by atoms with Crippen molar-refractivity contribution in [2.45, 2.75) is 6.92 Å². The average Bonchev–Trinajstić information content (AvgIpc) is 2.86. The molecule has 0 saturated carbocycles. The number of fused-ring (bicyclic) bond motifs is 1. The Morgan fingerprint density at radius 2 is 1.83 bits per heavy atom. The zero-order chi connectivity index (χ0) is 24.9. The van der Waals surface area contributed by atoms with Crippen LogP contribution >= 0.6 is 0 Å². The number of carbonyl (C=O) groups excluding carboxylic acids is 1. The molecule has 1 amide bonds. The lowest BCUT2D eigenvalue weighted by molar-refractivity contribution is -0.112. The lowest BCUT2D eigenvalue weighted by atomic mass is 10.1. The summed E-state index contributed by atoms with van der Waals surface area (Å²) in [6, 6.07) is 17.5. The van der Waals surface area contributed by atoms with E-state index in [4.69, 9.17) is 9.47 Å². The summed E-state index contributed by atoms with van der Waals surface area (Å²) in [5.74, 6) is -1.45. The van der Waals surface area contributed by atoms with Gasteiger partial charge in [0, 0.05) is 6.20 Å². The number of aryl methyl sites for hydroxylation is 1. The number of nitrogens with zero attached hydrogens (tertiary/aromatic N) is 3. The SMILES string of the molecule is COc1ccccc1NC(=O)/C(C#N)=C\c1c(Oc2ccccc2F)nc2c(C)cccn2c1=O. The van der Waals surface area contributed by atoms with E-state index >= 15 is 0 Å². The molecule has 2 heterocycles. The first-order valence-corrected chi connectivity index (χ1v) is 10.4. The van der Waals surface area contributed by atoms with Crippen molar-refractivity contribution >= 4 is 23.3 Å². The number of hydrogen-bond donors (Lipinski definition) is 1. The second kappa shape index (κ2) is 9.89. The molecule has 0 unspecified atom stereocenters. The number of para-hydroxylation sites is 3. The maximum absolute atomic E-state index is 14.3. The molecule has 35 heavy (non-hydrogen) atoms. The van der Waals surface area contributed by atoms with Crippen molar-refractivity contribution in [1.82, 2.24) is 9.38 Å². The van der Waals surface area contributed by atoms with Crippen LogP contribution in [0.2, 0.25) is 0 Å². The molecule has 0 aliphatic carbocycles. The van der Waals surface area contributed by atoms with Crippen LogP contribution in [0.3, 0.4) is 0 Å².